The fourth-order valence-corrected chi connectivity index (χ4v) is 7.96. The highest BCUT2D eigenvalue weighted by Gasteiger charge is 2.63. The van der Waals surface area contributed by atoms with Gasteiger partial charge in [0.25, 0.3) is 0 Å². The van der Waals surface area contributed by atoms with E-state index in [4.69, 9.17) is 0 Å². The second-order valence-corrected chi connectivity index (χ2v) is 13.8. The van der Waals surface area contributed by atoms with Crippen molar-refractivity contribution < 1.29 is 0 Å². The predicted molar refractivity (Wildman–Crippen MR) is 159 cm³/mol. The summed E-state index contributed by atoms with van der Waals surface area (Å²) in [6.45, 7) is 29.0. The van der Waals surface area contributed by atoms with Crippen LogP contribution >= 0.6 is 0 Å². The number of unbranched alkanes of at least 4 members (excludes halogenated alkanes) is 2. The molecule has 204 valence electrons. The van der Waals surface area contributed by atoms with Crippen LogP contribution in [-0.4, -0.2) is 0 Å². The lowest BCUT2D eigenvalue weighted by Gasteiger charge is -2.53. The summed E-state index contributed by atoms with van der Waals surface area (Å²) < 4.78 is 0. The van der Waals surface area contributed by atoms with Crippen LogP contribution in [0.15, 0.2) is 23.8 Å². The summed E-state index contributed by atoms with van der Waals surface area (Å²) in [4.78, 5) is 0. The third kappa shape index (κ3) is 7.08. The molecule has 0 heterocycles. The van der Waals surface area contributed by atoms with E-state index in [0.29, 0.717) is 11.3 Å². The number of hydrogen-bond donors (Lipinski definition) is 0. The first-order valence-corrected chi connectivity index (χ1v) is 15.9. The van der Waals surface area contributed by atoms with Crippen molar-refractivity contribution in [3.05, 3.63) is 23.8 Å². The van der Waals surface area contributed by atoms with Crippen molar-refractivity contribution in [3.63, 3.8) is 0 Å². The summed E-state index contributed by atoms with van der Waals surface area (Å²) >= 11 is 0. The molecule has 9 atom stereocenters. The van der Waals surface area contributed by atoms with E-state index in [1.165, 1.54) is 70.6 Å². The molecule has 0 aromatic carbocycles. The Morgan fingerprint density at radius 1 is 0.914 bits per heavy atom. The highest BCUT2D eigenvalue weighted by atomic mass is 14.7. The van der Waals surface area contributed by atoms with Crippen molar-refractivity contribution >= 4 is 0 Å². The molecular weight excluding hydrogens is 420 g/mol. The van der Waals surface area contributed by atoms with Gasteiger partial charge in [-0.3, -0.25) is 0 Å². The Hall–Kier alpha value is -0.520. The highest BCUT2D eigenvalue weighted by Crippen LogP contribution is 2.71. The van der Waals surface area contributed by atoms with E-state index in [-0.39, 0.29) is 0 Å². The van der Waals surface area contributed by atoms with Crippen molar-refractivity contribution in [1.82, 2.24) is 0 Å². The van der Waals surface area contributed by atoms with Gasteiger partial charge in [0.15, 0.2) is 0 Å². The Labute approximate surface area is 222 Å². The molecule has 0 aliphatic heterocycles. The molecule has 3 saturated carbocycles. The van der Waals surface area contributed by atoms with Crippen LogP contribution in [-0.2, 0) is 0 Å². The van der Waals surface area contributed by atoms with Gasteiger partial charge in [-0.05, 0) is 97.2 Å². The van der Waals surface area contributed by atoms with Crippen LogP contribution in [0, 0.1) is 58.7 Å². The van der Waals surface area contributed by atoms with Gasteiger partial charge in [-0.25, -0.2) is 0 Å². The molecule has 0 nitrogen and oxygen atoms in total. The largest absolute Gasteiger partial charge is 0.103 e. The standard InChI is InChI=1S/C35H64/c1-12-16-18-30(15-4)21-31(20-26(8)24(5)6)32-22-35(19-17-13-2)23-33(32)34(35)29(11)28(10)27(9)25(7)14-3/h15,24-30,33-34H,4,12-14,16-23H2,1-3,5-11H3. The second-order valence-electron chi connectivity index (χ2n) is 13.8. The van der Waals surface area contributed by atoms with E-state index in [0.717, 1.165) is 47.3 Å². The fraction of sp³-hybridized carbons (Fsp3) is 0.886. The van der Waals surface area contributed by atoms with Crippen molar-refractivity contribution in [2.75, 3.05) is 0 Å². The van der Waals surface area contributed by atoms with E-state index < -0.39 is 0 Å². The molecule has 3 aliphatic rings. The van der Waals surface area contributed by atoms with Crippen LogP contribution in [0.2, 0.25) is 0 Å². The summed E-state index contributed by atoms with van der Waals surface area (Å²) in [5, 5.41) is 0. The number of hydrogen-bond acceptors (Lipinski definition) is 0. The predicted octanol–water partition coefficient (Wildman–Crippen LogP) is 11.5. The lowest BCUT2D eigenvalue weighted by Crippen LogP contribution is -2.47. The van der Waals surface area contributed by atoms with E-state index in [9.17, 15) is 0 Å². The van der Waals surface area contributed by atoms with Crippen LogP contribution in [0.4, 0.5) is 0 Å². The van der Waals surface area contributed by atoms with E-state index in [2.05, 4.69) is 81.9 Å². The Morgan fingerprint density at radius 2 is 1.57 bits per heavy atom. The minimum absolute atomic E-state index is 0.609. The number of rotatable bonds is 17. The zero-order valence-corrected chi connectivity index (χ0v) is 25.8. The molecule has 0 saturated heterocycles. The first kappa shape index (κ1) is 30.7. The van der Waals surface area contributed by atoms with Gasteiger partial charge in [0, 0.05) is 0 Å². The molecule has 0 radical (unpaired) electrons. The number of fused-ring (bicyclic) bond motifs is 1. The molecule has 3 aliphatic carbocycles. The van der Waals surface area contributed by atoms with E-state index >= 15 is 0 Å². The molecular formula is C35H64. The SMILES string of the molecule is C=CC(CCCC)CC(CC(C)C(C)C)=C1CC2(CCCC)CC1C2C(C)C(C)C(C)C(C)CC. The maximum Gasteiger partial charge on any atom is -0.0158 e. The summed E-state index contributed by atoms with van der Waals surface area (Å²) in [7, 11) is 0. The Balaban J connectivity index is 2.40. The van der Waals surface area contributed by atoms with Crippen molar-refractivity contribution in [3.8, 4) is 0 Å². The van der Waals surface area contributed by atoms with Gasteiger partial charge in [-0.15, -0.1) is 6.58 Å². The second kappa shape index (κ2) is 13.9. The van der Waals surface area contributed by atoms with Gasteiger partial charge >= 0.3 is 0 Å². The Kier molecular flexibility index (Phi) is 12.2. The van der Waals surface area contributed by atoms with Crippen molar-refractivity contribution in [2.24, 2.45) is 58.7 Å². The maximum atomic E-state index is 4.28. The monoisotopic (exact) mass is 485 g/mol. The first-order chi connectivity index (χ1) is 16.6. The van der Waals surface area contributed by atoms with Crippen LogP contribution in [0.25, 0.3) is 0 Å². The zero-order valence-electron chi connectivity index (χ0n) is 25.8. The molecule has 35 heavy (non-hydrogen) atoms. The molecule has 9 unspecified atom stereocenters. The first-order valence-electron chi connectivity index (χ1n) is 15.9. The van der Waals surface area contributed by atoms with Gasteiger partial charge in [-0.2, -0.15) is 0 Å². The molecule has 0 aromatic heterocycles. The molecule has 0 N–H and O–H groups in total. The normalized spacial score (nSPS) is 30.4. The summed E-state index contributed by atoms with van der Waals surface area (Å²) in [5.74, 6) is 7.33. The minimum Gasteiger partial charge on any atom is -0.103 e. The fourth-order valence-electron chi connectivity index (χ4n) is 7.96. The molecule has 3 fully saturated rings. The quantitative estimate of drug-likeness (QED) is 0.180. The van der Waals surface area contributed by atoms with Crippen molar-refractivity contribution in [1.29, 1.82) is 0 Å². The topological polar surface area (TPSA) is 0 Å². The molecule has 0 amide bonds. The van der Waals surface area contributed by atoms with Gasteiger partial charge in [-0.1, -0.05) is 119 Å². The average molecular weight is 485 g/mol. The van der Waals surface area contributed by atoms with Crippen LogP contribution < -0.4 is 0 Å². The lowest BCUT2D eigenvalue weighted by atomic mass is 9.51. The highest BCUT2D eigenvalue weighted by molar-refractivity contribution is 5.34. The third-order valence-electron chi connectivity index (χ3n) is 11.5. The average Bonchev–Trinajstić information content (AvgIpc) is 3.37. The van der Waals surface area contributed by atoms with E-state index in [1.54, 1.807) is 0 Å². The zero-order chi connectivity index (χ0) is 26.3. The summed E-state index contributed by atoms with van der Waals surface area (Å²) in [6.07, 6.45) is 17.3. The smallest absolute Gasteiger partial charge is 0.0158 e. The molecule has 2 bridgehead atoms. The van der Waals surface area contributed by atoms with Crippen LogP contribution in [0.3, 0.4) is 0 Å². The van der Waals surface area contributed by atoms with Crippen molar-refractivity contribution in [2.45, 2.75) is 140 Å². The van der Waals surface area contributed by atoms with Crippen LogP contribution in [0.1, 0.15) is 140 Å². The molecule has 3 rings (SSSR count). The van der Waals surface area contributed by atoms with Gasteiger partial charge in [0.2, 0.25) is 0 Å². The lowest BCUT2D eigenvalue weighted by molar-refractivity contribution is -0.0438. The van der Waals surface area contributed by atoms with Crippen LogP contribution in [0.5, 0.6) is 0 Å². The Morgan fingerprint density at radius 3 is 2.11 bits per heavy atom. The molecule has 0 heteroatoms. The van der Waals surface area contributed by atoms with E-state index in [1.807, 2.05) is 11.1 Å². The maximum absolute atomic E-state index is 4.28. The minimum atomic E-state index is 0.609. The van der Waals surface area contributed by atoms with Gasteiger partial charge in [0.05, 0.1) is 0 Å². The number of allylic oxidation sites excluding steroid dienone is 3. The molecule has 0 spiro atoms. The summed E-state index contributed by atoms with van der Waals surface area (Å²) in [5.41, 5.74) is 4.42. The third-order valence-corrected chi connectivity index (χ3v) is 11.5. The van der Waals surface area contributed by atoms with Gasteiger partial charge < -0.3 is 0 Å². The summed E-state index contributed by atoms with van der Waals surface area (Å²) in [6, 6.07) is 0. The van der Waals surface area contributed by atoms with Gasteiger partial charge in [0.1, 0.15) is 0 Å². The Bertz CT molecular complexity index is 668. The molecule has 0 aromatic rings.